The summed E-state index contributed by atoms with van der Waals surface area (Å²) in [6, 6.07) is 7.59. The molecule has 1 N–H and O–H groups in total. The summed E-state index contributed by atoms with van der Waals surface area (Å²) >= 11 is 1.64. The second kappa shape index (κ2) is 4.98. The number of hydrogen-bond donors (Lipinski definition) is 1. The van der Waals surface area contributed by atoms with E-state index in [0.29, 0.717) is 0 Å². The first kappa shape index (κ1) is 12.3. The van der Waals surface area contributed by atoms with Gasteiger partial charge < -0.3 is 5.32 Å². The number of aryl methyl sites for hydroxylation is 2. The summed E-state index contributed by atoms with van der Waals surface area (Å²) in [6.07, 6.45) is 0. The molecule has 1 aromatic carbocycles. The topological polar surface area (TPSA) is 12.0 Å². The van der Waals surface area contributed by atoms with Gasteiger partial charge in [0.1, 0.15) is 5.82 Å². The van der Waals surface area contributed by atoms with Crippen molar-refractivity contribution in [3.05, 3.63) is 57.0 Å². The standard InChI is InChI=1S/C14H16FNS/c1-9-7-10(2)13(11(15)8-9)14(16-3)12-5-4-6-17-12/h4-8,14,16H,1-3H3. The summed E-state index contributed by atoms with van der Waals surface area (Å²) < 4.78 is 14.1. The quantitative estimate of drug-likeness (QED) is 0.872. The van der Waals surface area contributed by atoms with Crippen molar-refractivity contribution >= 4 is 11.3 Å². The number of hydrogen-bond acceptors (Lipinski definition) is 2. The maximum atomic E-state index is 14.1. The zero-order valence-corrected chi connectivity index (χ0v) is 11.1. The van der Waals surface area contributed by atoms with Gasteiger partial charge in [0.2, 0.25) is 0 Å². The van der Waals surface area contributed by atoms with Crippen LogP contribution in [0.15, 0.2) is 29.6 Å². The van der Waals surface area contributed by atoms with Gasteiger partial charge in [-0.3, -0.25) is 0 Å². The van der Waals surface area contributed by atoms with Crippen molar-refractivity contribution in [2.75, 3.05) is 7.05 Å². The largest absolute Gasteiger partial charge is 0.309 e. The van der Waals surface area contributed by atoms with Gasteiger partial charge in [-0.25, -0.2) is 4.39 Å². The molecule has 1 atom stereocenters. The third-order valence-corrected chi connectivity index (χ3v) is 3.82. The maximum absolute atomic E-state index is 14.1. The molecule has 0 spiro atoms. The second-order valence-electron chi connectivity index (χ2n) is 4.21. The molecule has 1 aromatic heterocycles. The van der Waals surface area contributed by atoms with E-state index >= 15 is 0 Å². The fourth-order valence-electron chi connectivity index (χ4n) is 2.18. The summed E-state index contributed by atoms with van der Waals surface area (Å²) in [5.41, 5.74) is 2.71. The average Bonchev–Trinajstić information content (AvgIpc) is 2.76. The molecule has 1 heterocycles. The minimum absolute atomic E-state index is 0.0596. The molecular formula is C14H16FNS. The Bertz CT molecular complexity index is 482. The van der Waals surface area contributed by atoms with E-state index < -0.39 is 0 Å². The van der Waals surface area contributed by atoms with Gasteiger partial charge in [-0.15, -0.1) is 11.3 Å². The number of benzene rings is 1. The third kappa shape index (κ3) is 2.40. The molecule has 0 aliphatic carbocycles. The van der Waals surface area contributed by atoms with Crippen molar-refractivity contribution in [2.24, 2.45) is 0 Å². The summed E-state index contributed by atoms with van der Waals surface area (Å²) in [5.74, 6) is -0.129. The molecule has 1 unspecified atom stereocenters. The molecule has 3 heteroatoms. The van der Waals surface area contributed by atoms with E-state index in [1.807, 2.05) is 44.5 Å². The second-order valence-corrected chi connectivity index (χ2v) is 5.19. The fraction of sp³-hybridized carbons (Fsp3) is 0.286. The van der Waals surface area contributed by atoms with Gasteiger partial charge in [-0.2, -0.15) is 0 Å². The van der Waals surface area contributed by atoms with E-state index in [-0.39, 0.29) is 11.9 Å². The Morgan fingerprint density at radius 2 is 2.06 bits per heavy atom. The Kier molecular flexibility index (Phi) is 3.60. The van der Waals surface area contributed by atoms with Gasteiger partial charge >= 0.3 is 0 Å². The molecule has 0 fully saturated rings. The highest BCUT2D eigenvalue weighted by Crippen LogP contribution is 2.30. The molecule has 0 amide bonds. The SMILES string of the molecule is CNC(c1cccs1)c1c(C)cc(C)cc1F. The minimum atomic E-state index is -0.129. The molecule has 0 bridgehead atoms. The molecule has 0 aliphatic rings. The van der Waals surface area contributed by atoms with Crippen molar-refractivity contribution in [3.63, 3.8) is 0 Å². The minimum Gasteiger partial charge on any atom is -0.309 e. The summed E-state index contributed by atoms with van der Waals surface area (Å²) in [5, 5.41) is 5.21. The van der Waals surface area contributed by atoms with Gasteiger partial charge in [0.05, 0.1) is 6.04 Å². The first-order chi connectivity index (χ1) is 8.13. The molecular weight excluding hydrogens is 233 g/mol. The lowest BCUT2D eigenvalue weighted by Crippen LogP contribution is -2.19. The van der Waals surface area contributed by atoms with Crippen LogP contribution >= 0.6 is 11.3 Å². The molecule has 17 heavy (non-hydrogen) atoms. The van der Waals surface area contributed by atoms with E-state index in [0.717, 1.165) is 21.6 Å². The van der Waals surface area contributed by atoms with E-state index in [1.165, 1.54) is 0 Å². The van der Waals surface area contributed by atoms with Crippen molar-refractivity contribution in [3.8, 4) is 0 Å². The van der Waals surface area contributed by atoms with Gasteiger partial charge in [0.25, 0.3) is 0 Å². The highest BCUT2D eigenvalue weighted by Gasteiger charge is 2.19. The van der Waals surface area contributed by atoms with Gasteiger partial charge in [-0.05, 0) is 49.5 Å². The lowest BCUT2D eigenvalue weighted by atomic mass is 9.97. The van der Waals surface area contributed by atoms with Crippen molar-refractivity contribution in [2.45, 2.75) is 19.9 Å². The first-order valence-corrected chi connectivity index (χ1v) is 6.48. The number of halogens is 1. The molecule has 2 aromatic rings. The summed E-state index contributed by atoms with van der Waals surface area (Å²) in [4.78, 5) is 1.14. The highest BCUT2D eigenvalue weighted by atomic mass is 32.1. The Balaban J connectivity index is 2.52. The van der Waals surface area contributed by atoms with Crippen molar-refractivity contribution in [1.82, 2.24) is 5.32 Å². The molecule has 0 aliphatic heterocycles. The van der Waals surface area contributed by atoms with Crippen LogP contribution in [0.1, 0.15) is 27.6 Å². The third-order valence-electron chi connectivity index (χ3n) is 2.89. The molecule has 90 valence electrons. The lowest BCUT2D eigenvalue weighted by Gasteiger charge is -2.19. The normalized spacial score (nSPS) is 12.7. The van der Waals surface area contributed by atoms with Crippen LogP contribution in [0, 0.1) is 19.7 Å². The van der Waals surface area contributed by atoms with Crippen LogP contribution in [0.4, 0.5) is 4.39 Å². The number of rotatable bonds is 3. The van der Waals surface area contributed by atoms with Gasteiger partial charge in [0.15, 0.2) is 0 Å². The smallest absolute Gasteiger partial charge is 0.128 e. The lowest BCUT2D eigenvalue weighted by molar-refractivity contribution is 0.575. The average molecular weight is 249 g/mol. The predicted molar refractivity (Wildman–Crippen MR) is 71.1 cm³/mol. The van der Waals surface area contributed by atoms with E-state index in [2.05, 4.69) is 5.32 Å². The van der Waals surface area contributed by atoms with Crippen LogP contribution in [-0.4, -0.2) is 7.05 Å². The monoisotopic (exact) mass is 249 g/mol. The highest BCUT2D eigenvalue weighted by molar-refractivity contribution is 7.10. The molecule has 2 rings (SSSR count). The van der Waals surface area contributed by atoms with Crippen LogP contribution in [0.3, 0.4) is 0 Å². The van der Waals surface area contributed by atoms with Crippen LogP contribution in [-0.2, 0) is 0 Å². The van der Waals surface area contributed by atoms with Crippen LogP contribution in [0.2, 0.25) is 0 Å². The molecule has 0 saturated heterocycles. The van der Waals surface area contributed by atoms with E-state index in [1.54, 1.807) is 17.4 Å². The molecule has 0 saturated carbocycles. The van der Waals surface area contributed by atoms with E-state index in [9.17, 15) is 4.39 Å². The van der Waals surface area contributed by atoms with Crippen molar-refractivity contribution < 1.29 is 4.39 Å². The Morgan fingerprint density at radius 1 is 1.29 bits per heavy atom. The van der Waals surface area contributed by atoms with Crippen LogP contribution in [0.5, 0.6) is 0 Å². The predicted octanol–water partition coefficient (Wildman–Crippen LogP) is 3.81. The zero-order valence-electron chi connectivity index (χ0n) is 10.3. The van der Waals surface area contributed by atoms with Crippen molar-refractivity contribution in [1.29, 1.82) is 0 Å². The first-order valence-electron chi connectivity index (χ1n) is 5.60. The maximum Gasteiger partial charge on any atom is 0.128 e. The Hall–Kier alpha value is -1.19. The van der Waals surface area contributed by atoms with Gasteiger partial charge in [-0.1, -0.05) is 12.1 Å². The van der Waals surface area contributed by atoms with Crippen LogP contribution in [0.25, 0.3) is 0 Å². The zero-order chi connectivity index (χ0) is 12.4. The Morgan fingerprint density at radius 3 is 2.59 bits per heavy atom. The van der Waals surface area contributed by atoms with Gasteiger partial charge in [0, 0.05) is 10.4 Å². The summed E-state index contributed by atoms with van der Waals surface area (Å²) in [6.45, 7) is 3.88. The van der Waals surface area contributed by atoms with Crippen LogP contribution < -0.4 is 5.32 Å². The molecule has 0 radical (unpaired) electrons. The van der Waals surface area contributed by atoms with E-state index in [4.69, 9.17) is 0 Å². The number of thiophene rings is 1. The fourth-order valence-corrected chi connectivity index (χ4v) is 3.02. The number of nitrogens with one attached hydrogen (secondary N) is 1. The molecule has 1 nitrogen and oxygen atoms in total. The Labute approximate surface area is 105 Å². The summed E-state index contributed by atoms with van der Waals surface area (Å²) in [7, 11) is 1.86.